The third kappa shape index (κ3) is 8.80. The molecule has 334 valence electrons. The Balaban J connectivity index is 0.00000608. The molecule has 0 aliphatic rings. The Bertz CT molecular complexity index is 3050. The van der Waals surface area contributed by atoms with Crippen molar-refractivity contribution in [1.82, 2.24) is 10.6 Å². The molecule has 2 amide bonds. The van der Waals surface area contributed by atoms with Gasteiger partial charge in [0, 0.05) is 11.1 Å². The predicted octanol–water partition coefficient (Wildman–Crippen LogP) is 16.1. The first-order valence-corrected chi connectivity index (χ1v) is 23.0. The summed E-state index contributed by atoms with van der Waals surface area (Å²) >= 11 is 0. The Labute approximate surface area is 396 Å². The SMILES string of the molecule is C.Cc1cc(-c2cccc3cccc(-c4ccc(-c5cccc6cccc(-c7cc(C)c(C(=O)NC(C)c8ccccc8)c(C)c7)c56)c(C)c4C)c23)cc(C)c1C(=O)NC(C)c1ccccc1. The number of hydrogen-bond donors (Lipinski definition) is 2. The van der Waals surface area contributed by atoms with Crippen LogP contribution in [-0.4, -0.2) is 11.8 Å². The van der Waals surface area contributed by atoms with Gasteiger partial charge in [0.25, 0.3) is 11.8 Å². The summed E-state index contributed by atoms with van der Waals surface area (Å²) in [5.41, 5.74) is 19.0. The van der Waals surface area contributed by atoms with Crippen molar-refractivity contribution in [2.75, 3.05) is 0 Å². The van der Waals surface area contributed by atoms with Crippen LogP contribution >= 0.6 is 0 Å². The third-order valence-electron chi connectivity index (χ3n) is 13.6. The smallest absolute Gasteiger partial charge is 0.252 e. The minimum absolute atomic E-state index is 0. The maximum absolute atomic E-state index is 13.7. The van der Waals surface area contributed by atoms with Gasteiger partial charge in [0.05, 0.1) is 12.1 Å². The first kappa shape index (κ1) is 46.0. The lowest BCUT2D eigenvalue weighted by molar-refractivity contribution is 0.0930. The van der Waals surface area contributed by atoms with E-state index in [-0.39, 0.29) is 31.3 Å². The van der Waals surface area contributed by atoms with Gasteiger partial charge in [0.1, 0.15) is 0 Å². The van der Waals surface area contributed by atoms with E-state index in [2.05, 4.69) is 134 Å². The van der Waals surface area contributed by atoms with Gasteiger partial charge in [-0.3, -0.25) is 9.59 Å². The number of amides is 2. The van der Waals surface area contributed by atoms with Gasteiger partial charge in [-0.15, -0.1) is 0 Å². The summed E-state index contributed by atoms with van der Waals surface area (Å²) in [7, 11) is 0. The highest BCUT2D eigenvalue weighted by Gasteiger charge is 2.22. The lowest BCUT2D eigenvalue weighted by atomic mass is 9.84. The van der Waals surface area contributed by atoms with Gasteiger partial charge in [0.2, 0.25) is 0 Å². The van der Waals surface area contributed by atoms with E-state index in [0.717, 1.165) is 66.8 Å². The Hall–Kier alpha value is -7.56. The van der Waals surface area contributed by atoms with Crippen LogP contribution in [0.25, 0.3) is 66.1 Å². The fourth-order valence-electron chi connectivity index (χ4n) is 10.2. The van der Waals surface area contributed by atoms with Crippen LogP contribution in [0.5, 0.6) is 0 Å². The molecule has 0 aliphatic carbocycles. The number of rotatable bonds is 10. The van der Waals surface area contributed by atoms with E-state index in [1.807, 2.05) is 102 Å². The molecule has 0 fully saturated rings. The van der Waals surface area contributed by atoms with Crippen LogP contribution in [0.4, 0.5) is 0 Å². The lowest BCUT2D eigenvalue weighted by Gasteiger charge is -2.20. The van der Waals surface area contributed by atoms with E-state index in [1.54, 1.807) is 0 Å². The monoisotopic (exact) mass is 876 g/mol. The molecule has 9 rings (SSSR count). The zero-order chi connectivity index (χ0) is 46.2. The van der Waals surface area contributed by atoms with Gasteiger partial charge in [0.15, 0.2) is 0 Å². The Morgan fingerprint density at radius 2 is 0.687 bits per heavy atom. The number of carbonyl (C=O) groups is 2. The molecule has 2 unspecified atom stereocenters. The lowest BCUT2D eigenvalue weighted by Crippen LogP contribution is -2.28. The van der Waals surface area contributed by atoms with Gasteiger partial charge < -0.3 is 10.6 Å². The molecule has 9 aromatic rings. The highest BCUT2D eigenvalue weighted by molar-refractivity contribution is 6.10. The van der Waals surface area contributed by atoms with Crippen LogP contribution in [0.15, 0.2) is 170 Å². The number of benzene rings is 9. The second-order valence-electron chi connectivity index (χ2n) is 18.0. The molecule has 2 atom stereocenters. The van der Waals surface area contributed by atoms with E-state index in [4.69, 9.17) is 0 Å². The Morgan fingerprint density at radius 1 is 0.373 bits per heavy atom. The van der Waals surface area contributed by atoms with E-state index in [9.17, 15) is 9.59 Å². The number of carbonyl (C=O) groups excluding carboxylic acids is 2. The Kier molecular flexibility index (Phi) is 13.1. The zero-order valence-electron chi connectivity index (χ0n) is 39.1. The summed E-state index contributed by atoms with van der Waals surface area (Å²) in [6.45, 7) is 16.7. The van der Waals surface area contributed by atoms with Crippen LogP contribution in [-0.2, 0) is 0 Å². The van der Waals surface area contributed by atoms with Crippen LogP contribution < -0.4 is 10.6 Å². The van der Waals surface area contributed by atoms with Crippen LogP contribution in [0.3, 0.4) is 0 Å². The molecular formula is C63H60N2O2. The largest absolute Gasteiger partial charge is 0.346 e. The van der Waals surface area contributed by atoms with Gasteiger partial charge in [-0.05, 0) is 166 Å². The molecule has 0 radical (unpaired) electrons. The van der Waals surface area contributed by atoms with Crippen LogP contribution in [0, 0.1) is 41.5 Å². The fraction of sp³-hybridized carbons (Fsp3) is 0.175. The fourth-order valence-corrected chi connectivity index (χ4v) is 10.2. The van der Waals surface area contributed by atoms with E-state index in [0.29, 0.717) is 0 Å². The van der Waals surface area contributed by atoms with Crippen LogP contribution in [0.1, 0.15) is 98.6 Å². The predicted molar refractivity (Wildman–Crippen MR) is 283 cm³/mol. The Morgan fingerprint density at radius 3 is 1.01 bits per heavy atom. The summed E-state index contributed by atoms with van der Waals surface area (Å²) in [5.74, 6) is -0.124. The summed E-state index contributed by atoms with van der Waals surface area (Å²) < 4.78 is 0. The van der Waals surface area contributed by atoms with E-state index in [1.165, 1.54) is 54.9 Å². The number of aryl methyl sites for hydroxylation is 4. The third-order valence-corrected chi connectivity index (χ3v) is 13.6. The first-order chi connectivity index (χ1) is 31.9. The van der Waals surface area contributed by atoms with Crippen LogP contribution in [0.2, 0.25) is 0 Å². The van der Waals surface area contributed by atoms with E-state index < -0.39 is 0 Å². The molecule has 0 saturated carbocycles. The van der Waals surface area contributed by atoms with Gasteiger partial charge in [-0.2, -0.15) is 0 Å². The normalized spacial score (nSPS) is 12.1. The highest BCUT2D eigenvalue weighted by Crippen LogP contribution is 2.43. The van der Waals surface area contributed by atoms with Crippen molar-refractivity contribution in [3.05, 3.63) is 225 Å². The van der Waals surface area contributed by atoms with Crippen molar-refractivity contribution in [3.8, 4) is 44.5 Å². The quantitative estimate of drug-likeness (QED) is 0.144. The molecule has 0 aliphatic heterocycles. The van der Waals surface area contributed by atoms with Gasteiger partial charge in [-0.25, -0.2) is 0 Å². The van der Waals surface area contributed by atoms with Crippen molar-refractivity contribution < 1.29 is 9.59 Å². The average molecular weight is 877 g/mol. The minimum Gasteiger partial charge on any atom is -0.346 e. The van der Waals surface area contributed by atoms with Crippen molar-refractivity contribution in [2.45, 2.75) is 74.9 Å². The molecule has 0 spiro atoms. The zero-order valence-corrected chi connectivity index (χ0v) is 39.1. The van der Waals surface area contributed by atoms with Gasteiger partial charge >= 0.3 is 0 Å². The summed E-state index contributed by atoms with van der Waals surface area (Å²) in [5, 5.41) is 11.2. The topological polar surface area (TPSA) is 58.2 Å². The molecule has 0 aromatic heterocycles. The number of hydrogen-bond acceptors (Lipinski definition) is 2. The molecule has 0 bridgehead atoms. The second kappa shape index (κ2) is 19.1. The summed E-state index contributed by atoms with van der Waals surface area (Å²) in [6.07, 6.45) is 0. The molecule has 0 heterocycles. The van der Waals surface area contributed by atoms with Crippen molar-refractivity contribution in [2.24, 2.45) is 0 Å². The maximum atomic E-state index is 13.7. The average Bonchev–Trinajstić information content (AvgIpc) is 3.31. The standard InChI is InChI=1S/C62H56N2O2.CH4/c1-37-33-49(34-38(2)57(37)61(65)63-43(7)45-19-11-9-12-20-45)53-27-15-23-47-25-17-29-55(59(47)53)51-31-32-52(42(6)41(51)5)56-30-18-26-48-24-16-28-54(60(48)56)50-35-39(3)58(40(4)36-50)62(66)64-44(8)46-21-13-10-14-22-46;/h9-36,43-44H,1-8H3,(H,63,65)(H,64,66);1H4. The molecule has 4 heteroatoms. The molecule has 0 saturated heterocycles. The highest BCUT2D eigenvalue weighted by atomic mass is 16.2. The molecule has 67 heavy (non-hydrogen) atoms. The maximum Gasteiger partial charge on any atom is 0.252 e. The number of nitrogens with one attached hydrogen (secondary N) is 2. The molecule has 9 aromatic carbocycles. The van der Waals surface area contributed by atoms with Crippen molar-refractivity contribution >= 4 is 33.4 Å². The molecule has 2 N–H and O–H groups in total. The number of fused-ring (bicyclic) bond motifs is 2. The summed E-state index contributed by atoms with van der Waals surface area (Å²) in [6, 6.07) is 59.4. The van der Waals surface area contributed by atoms with Crippen molar-refractivity contribution in [1.29, 1.82) is 0 Å². The van der Waals surface area contributed by atoms with Crippen molar-refractivity contribution in [3.63, 3.8) is 0 Å². The first-order valence-electron chi connectivity index (χ1n) is 23.0. The molecule has 4 nitrogen and oxygen atoms in total. The molecular weight excluding hydrogens is 817 g/mol. The second-order valence-corrected chi connectivity index (χ2v) is 18.0. The summed E-state index contributed by atoms with van der Waals surface area (Å²) in [4.78, 5) is 27.5. The van der Waals surface area contributed by atoms with E-state index >= 15 is 0 Å². The van der Waals surface area contributed by atoms with Gasteiger partial charge in [-0.1, -0.05) is 177 Å². The minimum atomic E-state index is -0.111.